The van der Waals surface area contributed by atoms with Crippen molar-refractivity contribution in [1.82, 2.24) is 19.9 Å². The third-order valence-electron chi connectivity index (χ3n) is 5.47. The summed E-state index contributed by atoms with van der Waals surface area (Å²) in [5, 5.41) is 50.7. The molecule has 2 amide bonds. The first-order valence-electron chi connectivity index (χ1n) is 12.0. The fourth-order valence-electron chi connectivity index (χ4n) is 3.72. The van der Waals surface area contributed by atoms with Crippen molar-refractivity contribution in [2.75, 3.05) is 16.8 Å². The summed E-state index contributed by atoms with van der Waals surface area (Å²) < 4.78 is 39.0. The number of rotatable bonds is 6. The van der Waals surface area contributed by atoms with Crippen molar-refractivity contribution in [2.45, 2.75) is 51.4 Å². The van der Waals surface area contributed by atoms with Gasteiger partial charge in [0.1, 0.15) is 12.4 Å². The minimum absolute atomic E-state index is 0.00950. The Balaban J connectivity index is 0.00000141. The predicted octanol–water partition coefficient (Wildman–Crippen LogP) is 2.62. The van der Waals surface area contributed by atoms with Crippen LogP contribution in [-0.4, -0.2) is 70.0 Å². The Kier molecular flexibility index (Phi) is 8.96. The molecule has 1 atom stereocenters. The number of hydrogen-bond acceptors (Lipinski definition) is 10. The van der Waals surface area contributed by atoms with Crippen LogP contribution in [0.4, 0.5) is 29.7 Å². The molecule has 0 bridgehead atoms. The monoisotopic (exact) mass is 566 g/mol. The van der Waals surface area contributed by atoms with Crippen LogP contribution in [0.3, 0.4) is 0 Å². The van der Waals surface area contributed by atoms with Crippen LogP contribution in [0.2, 0.25) is 0 Å². The van der Waals surface area contributed by atoms with Crippen molar-refractivity contribution in [3.05, 3.63) is 66.1 Å². The summed E-state index contributed by atoms with van der Waals surface area (Å²) in [6.07, 6.45) is -4.39. The topological polar surface area (TPSA) is 175 Å². The Labute approximate surface area is 227 Å². The van der Waals surface area contributed by atoms with E-state index in [1.54, 1.807) is 19.1 Å². The fraction of sp³-hybridized carbons (Fsp3) is 0.360. The van der Waals surface area contributed by atoms with E-state index in [1.165, 1.54) is 37.0 Å². The maximum atomic E-state index is 13.0. The number of halogens is 3. The van der Waals surface area contributed by atoms with Gasteiger partial charge in [-0.1, -0.05) is 38.5 Å². The summed E-state index contributed by atoms with van der Waals surface area (Å²) in [5.41, 5.74) is 0.532. The SMILES string of the molecule is CC(Nc1nccc(N2CC(O)(O)N(C(O)(O)O)C2=O)n1)c1ccc(-c2cccc(C(F)(F)F)c2)cn1.CCC. The van der Waals surface area contributed by atoms with E-state index >= 15 is 0 Å². The molecule has 1 fully saturated rings. The second-order valence-electron chi connectivity index (χ2n) is 8.94. The molecule has 1 aromatic carbocycles. The highest BCUT2D eigenvalue weighted by Gasteiger charge is 2.57. The fourth-order valence-corrected chi connectivity index (χ4v) is 3.72. The molecule has 40 heavy (non-hydrogen) atoms. The molecule has 1 saturated heterocycles. The lowest BCUT2D eigenvalue weighted by Crippen LogP contribution is -2.60. The van der Waals surface area contributed by atoms with Gasteiger partial charge in [0.05, 0.1) is 17.3 Å². The number of carbonyl (C=O) groups is 1. The first-order chi connectivity index (χ1) is 18.6. The van der Waals surface area contributed by atoms with E-state index in [-0.39, 0.29) is 16.7 Å². The van der Waals surface area contributed by atoms with Crippen LogP contribution in [0.1, 0.15) is 44.5 Å². The average Bonchev–Trinajstić information content (AvgIpc) is 3.13. The van der Waals surface area contributed by atoms with Crippen molar-refractivity contribution in [3.63, 3.8) is 0 Å². The summed E-state index contributed by atoms with van der Waals surface area (Å²) in [6, 6.07) is 7.44. The molecule has 0 aliphatic carbocycles. The minimum atomic E-state index is -4.47. The van der Waals surface area contributed by atoms with Crippen molar-refractivity contribution < 1.29 is 43.5 Å². The van der Waals surface area contributed by atoms with Crippen LogP contribution in [0, 0.1) is 0 Å². The highest BCUT2D eigenvalue weighted by Crippen LogP contribution is 2.33. The van der Waals surface area contributed by atoms with Crippen LogP contribution in [0.5, 0.6) is 0 Å². The van der Waals surface area contributed by atoms with Gasteiger partial charge in [-0.2, -0.15) is 23.1 Å². The first-order valence-corrected chi connectivity index (χ1v) is 12.0. The summed E-state index contributed by atoms with van der Waals surface area (Å²) in [4.78, 5) is 25.2. The predicted molar refractivity (Wildman–Crippen MR) is 136 cm³/mol. The minimum Gasteiger partial charge on any atom is -0.347 e. The summed E-state index contributed by atoms with van der Waals surface area (Å²) in [5.74, 6) is -3.28. The van der Waals surface area contributed by atoms with Gasteiger partial charge in [0.2, 0.25) is 5.95 Å². The zero-order chi connectivity index (χ0) is 29.9. The molecule has 0 saturated carbocycles. The Morgan fingerprint density at radius 3 is 2.27 bits per heavy atom. The van der Waals surface area contributed by atoms with Crippen molar-refractivity contribution in [3.8, 4) is 11.1 Å². The zero-order valence-electron chi connectivity index (χ0n) is 21.7. The lowest BCUT2D eigenvalue weighted by molar-refractivity contribution is -0.433. The highest BCUT2D eigenvalue weighted by molar-refractivity contribution is 5.94. The Hall–Kier alpha value is -3.89. The molecule has 3 heterocycles. The number of aromatic nitrogens is 3. The van der Waals surface area contributed by atoms with E-state index in [4.69, 9.17) is 0 Å². The average molecular weight is 567 g/mol. The van der Waals surface area contributed by atoms with Gasteiger partial charge >= 0.3 is 18.3 Å². The van der Waals surface area contributed by atoms with Gasteiger partial charge in [-0.3, -0.25) is 9.88 Å². The molecular formula is C25H29F3N6O6. The highest BCUT2D eigenvalue weighted by atomic mass is 19.4. The third kappa shape index (κ3) is 7.00. The van der Waals surface area contributed by atoms with Gasteiger partial charge in [-0.05, 0) is 36.8 Å². The number of aliphatic hydroxyl groups is 5. The number of β-amino-alcohol motifs (C(OH)–C–C–N with tert-alkyl or cyclic N) is 2. The number of carbonyl (C=O) groups excluding carboxylic acids is 1. The second-order valence-corrected chi connectivity index (χ2v) is 8.94. The van der Waals surface area contributed by atoms with E-state index in [0.717, 1.165) is 12.1 Å². The van der Waals surface area contributed by atoms with Gasteiger partial charge in [0, 0.05) is 18.0 Å². The normalized spacial score (nSPS) is 15.9. The van der Waals surface area contributed by atoms with Crippen LogP contribution < -0.4 is 10.2 Å². The molecule has 1 aliphatic rings. The molecule has 4 rings (SSSR count). The zero-order valence-corrected chi connectivity index (χ0v) is 21.7. The number of hydrogen-bond donors (Lipinski definition) is 6. The Bertz CT molecular complexity index is 1320. The molecule has 3 aromatic rings. The van der Waals surface area contributed by atoms with E-state index in [9.17, 15) is 43.5 Å². The Morgan fingerprint density at radius 1 is 1.05 bits per heavy atom. The van der Waals surface area contributed by atoms with E-state index in [1.807, 2.05) is 0 Å². The van der Waals surface area contributed by atoms with Gasteiger partial charge in [0.25, 0.3) is 5.91 Å². The molecule has 15 heteroatoms. The van der Waals surface area contributed by atoms with Crippen molar-refractivity contribution in [1.29, 1.82) is 0 Å². The second kappa shape index (κ2) is 11.7. The third-order valence-corrected chi connectivity index (χ3v) is 5.47. The van der Waals surface area contributed by atoms with E-state index in [2.05, 4.69) is 34.1 Å². The molecule has 12 nitrogen and oxygen atoms in total. The number of benzene rings is 1. The van der Waals surface area contributed by atoms with Gasteiger partial charge < -0.3 is 30.8 Å². The molecular weight excluding hydrogens is 537 g/mol. The number of anilines is 2. The number of nitrogens with one attached hydrogen (secondary N) is 1. The number of urea groups is 1. The summed E-state index contributed by atoms with van der Waals surface area (Å²) in [7, 11) is 0. The number of pyridine rings is 1. The van der Waals surface area contributed by atoms with E-state index in [0.29, 0.717) is 21.7 Å². The maximum Gasteiger partial charge on any atom is 0.416 e. The summed E-state index contributed by atoms with van der Waals surface area (Å²) >= 11 is 0. The van der Waals surface area contributed by atoms with Crippen LogP contribution in [0.15, 0.2) is 54.9 Å². The van der Waals surface area contributed by atoms with Crippen LogP contribution in [0.25, 0.3) is 11.1 Å². The van der Waals surface area contributed by atoms with Gasteiger partial charge in [-0.15, -0.1) is 0 Å². The Morgan fingerprint density at radius 2 is 1.73 bits per heavy atom. The van der Waals surface area contributed by atoms with Crippen molar-refractivity contribution in [2.24, 2.45) is 0 Å². The standard InChI is InChI=1S/C22H21F3N6O6.C3H8/c1-12(16-6-5-14(10-27-16)13-3-2-4-15(9-13)21(23,24)25)28-18-26-8-7-17(29-18)30-11-20(33,34)31(19(30)32)22(35,36)37;1-3-2/h2-10,12,33-37H,11H2,1H3,(H,26,28,29);3H2,1-2H3. The van der Waals surface area contributed by atoms with Crippen LogP contribution >= 0.6 is 0 Å². The molecule has 216 valence electrons. The quantitative estimate of drug-likeness (QED) is 0.243. The molecule has 1 unspecified atom stereocenters. The summed E-state index contributed by atoms with van der Waals surface area (Å²) in [6.45, 7) is 5.08. The number of alkyl halides is 3. The smallest absolute Gasteiger partial charge is 0.347 e. The van der Waals surface area contributed by atoms with Gasteiger partial charge in [0.15, 0.2) is 0 Å². The maximum absolute atomic E-state index is 13.0. The largest absolute Gasteiger partial charge is 0.416 e. The molecule has 0 radical (unpaired) electrons. The lowest BCUT2D eigenvalue weighted by atomic mass is 10.0. The van der Waals surface area contributed by atoms with Crippen molar-refractivity contribution >= 4 is 17.8 Å². The molecule has 0 spiro atoms. The number of nitrogens with zero attached hydrogens (tertiary/aromatic N) is 5. The molecule has 6 N–H and O–H groups in total. The number of amides is 2. The molecule has 2 aromatic heterocycles. The van der Waals surface area contributed by atoms with Gasteiger partial charge in [-0.25, -0.2) is 9.78 Å². The van der Waals surface area contributed by atoms with Crippen LogP contribution in [-0.2, 0) is 6.18 Å². The molecule has 1 aliphatic heterocycles. The lowest BCUT2D eigenvalue weighted by Gasteiger charge is -2.31. The van der Waals surface area contributed by atoms with E-state index < -0.39 is 42.4 Å². The first kappa shape index (κ1) is 30.6.